The lowest BCUT2D eigenvalue weighted by molar-refractivity contribution is 0.881. The minimum Gasteiger partial charge on any atom is -0.177 e. The Bertz CT molecular complexity index is 774. The zero-order chi connectivity index (χ0) is 16.8. The molecule has 2 N–H and O–H groups in total. The fourth-order valence-electron chi connectivity index (χ4n) is 1.97. The Morgan fingerprint density at radius 2 is 0.958 bits per heavy atom. The largest absolute Gasteiger partial charge is 0.204 e. The summed E-state index contributed by atoms with van der Waals surface area (Å²) in [6.45, 7) is 4.08. The second-order valence-corrected chi connectivity index (χ2v) is 5.20. The quantitative estimate of drug-likeness (QED) is 0.587. The molecule has 2 heterocycles. The second kappa shape index (κ2) is 7.23. The van der Waals surface area contributed by atoms with Crippen molar-refractivity contribution in [1.29, 1.82) is 0 Å². The molecule has 0 atom stereocenters. The van der Waals surface area contributed by atoms with Crippen molar-refractivity contribution < 1.29 is 0 Å². The Hall–Kier alpha value is -3.42. The molecular formula is C16H16N8. The lowest BCUT2D eigenvalue weighted by atomic mass is 10.1. The number of tetrazole rings is 2. The Kier molecular flexibility index (Phi) is 4.66. The summed E-state index contributed by atoms with van der Waals surface area (Å²) >= 11 is 0. The predicted octanol–water partition coefficient (Wildman–Crippen LogP) is 2.35. The average Bonchev–Trinajstić information content (AvgIpc) is 3.31. The van der Waals surface area contributed by atoms with Gasteiger partial charge in [0.2, 0.25) is 11.6 Å². The highest BCUT2D eigenvalue weighted by atomic mass is 15.5. The molecule has 0 saturated heterocycles. The van der Waals surface area contributed by atoms with Gasteiger partial charge in [-0.25, -0.2) is 0 Å². The lowest BCUT2D eigenvalue weighted by Gasteiger charge is -1.93. The normalized spacial score (nSPS) is 10.1. The Labute approximate surface area is 138 Å². The molecule has 2 aromatic carbocycles. The molecule has 0 aliphatic heterocycles. The van der Waals surface area contributed by atoms with Crippen molar-refractivity contribution in [3.63, 3.8) is 0 Å². The number of aromatic nitrogens is 8. The van der Waals surface area contributed by atoms with Crippen LogP contribution in [-0.4, -0.2) is 41.2 Å². The molecular weight excluding hydrogens is 304 g/mol. The van der Waals surface area contributed by atoms with Crippen LogP contribution in [0.15, 0.2) is 48.5 Å². The molecule has 0 aliphatic carbocycles. The van der Waals surface area contributed by atoms with Gasteiger partial charge in [0.25, 0.3) is 0 Å². The average molecular weight is 320 g/mol. The van der Waals surface area contributed by atoms with Gasteiger partial charge < -0.3 is 0 Å². The SMILES string of the molecule is Cc1ccc(-c2nn[nH]n2)cc1.Cc1ccc(-c2nn[nH]n2)cc1. The number of hydrogen-bond donors (Lipinski definition) is 2. The molecule has 0 fully saturated rings. The van der Waals surface area contributed by atoms with Crippen LogP contribution in [0.4, 0.5) is 0 Å². The van der Waals surface area contributed by atoms with E-state index in [9.17, 15) is 0 Å². The van der Waals surface area contributed by atoms with E-state index >= 15 is 0 Å². The van der Waals surface area contributed by atoms with E-state index in [1.54, 1.807) is 0 Å². The van der Waals surface area contributed by atoms with Gasteiger partial charge in [-0.2, -0.15) is 10.4 Å². The maximum absolute atomic E-state index is 3.87. The van der Waals surface area contributed by atoms with Gasteiger partial charge in [-0.1, -0.05) is 59.7 Å². The summed E-state index contributed by atoms with van der Waals surface area (Å²) in [5.41, 5.74) is 4.41. The van der Waals surface area contributed by atoms with Crippen LogP contribution in [0.2, 0.25) is 0 Å². The lowest BCUT2D eigenvalue weighted by Crippen LogP contribution is -1.80. The third-order valence-corrected chi connectivity index (χ3v) is 3.31. The first-order valence-corrected chi connectivity index (χ1v) is 7.33. The van der Waals surface area contributed by atoms with Crippen LogP contribution in [-0.2, 0) is 0 Å². The maximum atomic E-state index is 3.87. The van der Waals surface area contributed by atoms with Crippen molar-refractivity contribution >= 4 is 0 Å². The molecule has 0 saturated carbocycles. The standard InChI is InChI=1S/2C8H8N4/c2*1-6-2-4-7(5-3-6)8-9-11-12-10-8/h2*2-5H,1H3,(H,9,10,11,12). The maximum Gasteiger partial charge on any atom is 0.204 e. The molecule has 4 rings (SSSR count). The number of nitrogens with zero attached hydrogens (tertiary/aromatic N) is 6. The number of hydrogen-bond acceptors (Lipinski definition) is 6. The fraction of sp³-hybridized carbons (Fsp3) is 0.125. The summed E-state index contributed by atoms with van der Waals surface area (Å²) in [5.74, 6) is 1.27. The summed E-state index contributed by atoms with van der Waals surface area (Å²) in [4.78, 5) is 0. The van der Waals surface area contributed by atoms with E-state index in [-0.39, 0.29) is 0 Å². The molecule has 4 aromatic rings. The van der Waals surface area contributed by atoms with Crippen LogP contribution in [0.5, 0.6) is 0 Å². The first-order chi connectivity index (χ1) is 11.7. The smallest absolute Gasteiger partial charge is 0.177 e. The van der Waals surface area contributed by atoms with Crippen molar-refractivity contribution in [3.05, 3.63) is 59.7 Å². The highest BCUT2D eigenvalue weighted by Crippen LogP contribution is 2.13. The van der Waals surface area contributed by atoms with E-state index < -0.39 is 0 Å². The van der Waals surface area contributed by atoms with Crippen molar-refractivity contribution in [2.75, 3.05) is 0 Å². The molecule has 24 heavy (non-hydrogen) atoms. The van der Waals surface area contributed by atoms with Crippen LogP contribution in [0.1, 0.15) is 11.1 Å². The first kappa shape index (κ1) is 15.5. The van der Waals surface area contributed by atoms with Gasteiger partial charge in [-0.15, -0.1) is 20.4 Å². The topological polar surface area (TPSA) is 109 Å². The number of rotatable bonds is 2. The minimum absolute atomic E-state index is 0.634. The number of H-pyrrole nitrogens is 2. The third-order valence-electron chi connectivity index (χ3n) is 3.31. The number of aromatic amines is 2. The van der Waals surface area contributed by atoms with Crippen molar-refractivity contribution in [1.82, 2.24) is 41.2 Å². The van der Waals surface area contributed by atoms with Crippen LogP contribution < -0.4 is 0 Å². The molecule has 0 spiro atoms. The summed E-state index contributed by atoms with van der Waals surface area (Å²) < 4.78 is 0. The highest BCUT2D eigenvalue weighted by molar-refractivity contribution is 5.54. The van der Waals surface area contributed by atoms with E-state index in [1.807, 2.05) is 62.4 Å². The molecule has 0 bridgehead atoms. The molecule has 0 amide bonds. The minimum atomic E-state index is 0.634. The summed E-state index contributed by atoms with van der Waals surface area (Å²) in [7, 11) is 0. The van der Waals surface area contributed by atoms with Gasteiger partial charge in [0.1, 0.15) is 0 Å². The molecule has 0 unspecified atom stereocenters. The zero-order valence-electron chi connectivity index (χ0n) is 13.3. The van der Waals surface area contributed by atoms with E-state index in [0.717, 1.165) is 11.1 Å². The van der Waals surface area contributed by atoms with E-state index in [2.05, 4.69) is 41.2 Å². The number of benzene rings is 2. The highest BCUT2D eigenvalue weighted by Gasteiger charge is 2.00. The van der Waals surface area contributed by atoms with Gasteiger partial charge in [0.05, 0.1) is 0 Å². The Morgan fingerprint density at radius 3 is 1.25 bits per heavy atom. The van der Waals surface area contributed by atoms with Gasteiger partial charge in [-0.05, 0) is 24.3 Å². The second-order valence-electron chi connectivity index (χ2n) is 5.20. The summed E-state index contributed by atoms with van der Waals surface area (Å²) in [6, 6.07) is 16.0. The van der Waals surface area contributed by atoms with Gasteiger partial charge >= 0.3 is 0 Å². The fourth-order valence-corrected chi connectivity index (χ4v) is 1.97. The molecule has 8 nitrogen and oxygen atoms in total. The summed E-state index contributed by atoms with van der Waals surface area (Å²) in [6.07, 6.45) is 0. The number of aryl methyl sites for hydroxylation is 2. The van der Waals surface area contributed by atoms with Crippen LogP contribution in [0, 0.1) is 13.8 Å². The van der Waals surface area contributed by atoms with Crippen molar-refractivity contribution in [2.45, 2.75) is 13.8 Å². The van der Waals surface area contributed by atoms with Crippen molar-refractivity contribution in [2.24, 2.45) is 0 Å². The van der Waals surface area contributed by atoms with E-state index in [0.29, 0.717) is 11.6 Å². The third kappa shape index (κ3) is 3.86. The van der Waals surface area contributed by atoms with E-state index in [1.165, 1.54) is 11.1 Å². The van der Waals surface area contributed by atoms with Crippen LogP contribution in [0.25, 0.3) is 22.8 Å². The van der Waals surface area contributed by atoms with E-state index in [4.69, 9.17) is 0 Å². The molecule has 2 aromatic heterocycles. The monoisotopic (exact) mass is 320 g/mol. The molecule has 0 radical (unpaired) electrons. The van der Waals surface area contributed by atoms with Crippen molar-refractivity contribution in [3.8, 4) is 22.8 Å². The molecule has 120 valence electrons. The Balaban J connectivity index is 0.000000141. The van der Waals surface area contributed by atoms with Gasteiger partial charge in [0.15, 0.2) is 0 Å². The van der Waals surface area contributed by atoms with Gasteiger partial charge in [-0.3, -0.25) is 0 Å². The molecule has 0 aliphatic rings. The molecule has 8 heteroatoms. The van der Waals surface area contributed by atoms with Gasteiger partial charge in [0, 0.05) is 11.1 Å². The zero-order valence-corrected chi connectivity index (χ0v) is 13.3. The predicted molar refractivity (Wildman–Crippen MR) is 88.7 cm³/mol. The van der Waals surface area contributed by atoms with Crippen LogP contribution >= 0.6 is 0 Å². The van der Waals surface area contributed by atoms with Crippen LogP contribution in [0.3, 0.4) is 0 Å². The Morgan fingerprint density at radius 1 is 0.583 bits per heavy atom. The first-order valence-electron chi connectivity index (χ1n) is 7.33. The summed E-state index contributed by atoms with van der Waals surface area (Å²) in [5, 5.41) is 27.3. The number of nitrogens with one attached hydrogen (secondary N) is 2.